The van der Waals surface area contributed by atoms with Gasteiger partial charge in [0, 0.05) is 18.1 Å². The third kappa shape index (κ3) is 4.13. The zero-order valence-electron chi connectivity index (χ0n) is 15.6. The van der Waals surface area contributed by atoms with Crippen LogP contribution in [0.15, 0.2) is 54.7 Å². The Morgan fingerprint density at radius 2 is 1.93 bits per heavy atom. The maximum absolute atomic E-state index is 12.6. The topological polar surface area (TPSA) is 97.8 Å². The van der Waals surface area contributed by atoms with Crippen molar-refractivity contribution in [1.29, 1.82) is 0 Å². The number of amides is 1. The molecule has 29 heavy (non-hydrogen) atoms. The Bertz CT molecular complexity index is 1060. The third-order valence-electron chi connectivity index (χ3n) is 4.93. The Hall–Kier alpha value is -3.61. The molecule has 1 unspecified atom stereocenters. The van der Waals surface area contributed by atoms with E-state index in [9.17, 15) is 14.7 Å². The SMILES string of the molecule is O=C(O)C(Cc1ccnc2ccccc12)C(=O)NCCc1ccc2c(c1)OCO2. The van der Waals surface area contributed by atoms with Crippen LogP contribution in [-0.4, -0.2) is 35.3 Å². The molecule has 3 aromatic rings. The zero-order valence-corrected chi connectivity index (χ0v) is 15.6. The molecule has 7 nitrogen and oxygen atoms in total. The van der Waals surface area contributed by atoms with Gasteiger partial charge in [-0.1, -0.05) is 24.3 Å². The van der Waals surface area contributed by atoms with Crippen molar-refractivity contribution in [3.05, 3.63) is 65.9 Å². The second-order valence-electron chi connectivity index (χ2n) is 6.81. The van der Waals surface area contributed by atoms with Crippen LogP contribution in [0.1, 0.15) is 11.1 Å². The fourth-order valence-corrected chi connectivity index (χ4v) is 3.39. The van der Waals surface area contributed by atoms with E-state index < -0.39 is 17.8 Å². The number of hydrogen-bond donors (Lipinski definition) is 2. The van der Waals surface area contributed by atoms with Gasteiger partial charge in [-0.05, 0) is 48.2 Å². The molecule has 0 fully saturated rings. The Kier molecular flexibility index (Phi) is 5.29. The standard InChI is InChI=1S/C22H20N2O5/c25-21(24-9-7-14-5-6-19-20(11-14)29-13-28-19)17(22(26)27)12-15-8-10-23-18-4-2-1-3-16(15)18/h1-6,8,10-11,17H,7,9,12-13H2,(H,24,25)(H,26,27). The van der Waals surface area contributed by atoms with E-state index in [4.69, 9.17) is 9.47 Å². The largest absolute Gasteiger partial charge is 0.481 e. The number of nitrogens with one attached hydrogen (secondary N) is 1. The van der Waals surface area contributed by atoms with E-state index >= 15 is 0 Å². The monoisotopic (exact) mass is 392 g/mol. The van der Waals surface area contributed by atoms with Gasteiger partial charge in [0.25, 0.3) is 0 Å². The molecular formula is C22H20N2O5. The van der Waals surface area contributed by atoms with Gasteiger partial charge in [0.15, 0.2) is 11.5 Å². The molecule has 1 aromatic heterocycles. The van der Waals surface area contributed by atoms with Crippen molar-refractivity contribution >= 4 is 22.8 Å². The Morgan fingerprint density at radius 3 is 2.79 bits per heavy atom. The summed E-state index contributed by atoms with van der Waals surface area (Å²) in [4.78, 5) is 28.6. The van der Waals surface area contributed by atoms with Crippen molar-refractivity contribution in [2.45, 2.75) is 12.8 Å². The molecule has 0 radical (unpaired) electrons. The van der Waals surface area contributed by atoms with Gasteiger partial charge < -0.3 is 19.9 Å². The predicted octanol–water partition coefficient (Wildman–Crippen LogP) is 2.57. The van der Waals surface area contributed by atoms with Gasteiger partial charge >= 0.3 is 5.97 Å². The van der Waals surface area contributed by atoms with E-state index in [1.807, 2.05) is 42.5 Å². The van der Waals surface area contributed by atoms with E-state index in [1.165, 1.54) is 0 Å². The van der Waals surface area contributed by atoms with Crippen LogP contribution < -0.4 is 14.8 Å². The van der Waals surface area contributed by atoms with E-state index in [0.717, 1.165) is 22.0 Å². The number of carbonyl (C=O) groups is 2. The van der Waals surface area contributed by atoms with Crippen molar-refractivity contribution in [2.24, 2.45) is 5.92 Å². The summed E-state index contributed by atoms with van der Waals surface area (Å²) >= 11 is 0. The van der Waals surface area contributed by atoms with Crippen molar-refractivity contribution in [1.82, 2.24) is 10.3 Å². The summed E-state index contributed by atoms with van der Waals surface area (Å²) in [7, 11) is 0. The van der Waals surface area contributed by atoms with Crippen molar-refractivity contribution in [2.75, 3.05) is 13.3 Å². The number of aliphatic carboxylic acids is 1. The lowest BCUT2D eigenvalue weighted by Crippen LogP contribution is -2.37. The quantitative estimate of drug-likeness (QED) is 0.600. The smallest absolute Gasteiger partial charge is 0.316 e. The minimum atomic E-state index is -1.17. The van der Waals surface area contributed by atoms with Gasteiger partial charge in [0.2, 0.25) is 12.7 Å². The number of pyridine rings is 1. The number of nitrogens with zero attached hydrogens (tertiary/aromatic N) is 1. The van der Waals surface area contributed by atoms with Gasteiger partial charge in [-0.2, -0.15) is 0 Å². The lowest BCUT2D eigenvalue weighted by molar-refractivity contribution is -0.146. The van der Waals surface area contributed by atoms with Gasteiger partial charge in [0.05, 0.1) is 5.52 Å². The number of fused-ring (bicyclic) bond motifs is 2. The lowest BCUT2D eigenvalue weighted by atomic mass is 9.96. The number of ether oxygens (including phenoxy) is 2. The first kappa shape index (κ1) is 18.7. The van der Waals surface area contributed by atoms with Crippen LogP contribution in [-0.2, 0) is 22.4 Å². The van der Waals surface area contributed by atoms with Crippen LogP contribution in [0.4, 0.5) is 0 Å². The molecule has 148 valence electrons. The molecule has 0 saturated carbocycles. The van der Waals surface area contributed by atoms with Gasteiger partial charge in [-0.25, -0.2) is 0 Å². The maximum Gasteiger partial charge on any atom is 0.316 e. The molecule has 0 aliphatic carbocycles. The molecule has 0 bridgehead atoms. The molecule has 1 amide bonds. The molecule has 1 aliphatic heterocycles. The number of carbonyl (C=O) groups excluding carboxylic acids is 1. The van der Waals surface area contributed by atoms with Crippen molar-refractivity contribution in [3.63, 3.8) is 0 Å². The zero-order chi connectivity index (χ0) is 20.2. The number of rotatable bonds is 7. The molecule has 1 atom stereocenters. The summed E-state index contributed by atoms with van der Waals surface area (Å²) in [5.41, 5.74) is 2.54. The lowest BCUT2D eigenvalue weighted by Gasteiger charge is -2.14. The average Bonchev–Trinajstić information content (AvgIpc) is 3.19. The highest BCUT2D eigenvalue weighted by molar-refractivity contribution is 5.97. The normalized spacial score (nSPS) is 13.2. The highest BCUT2D eigenvalue weighted by Crippen LogP contribution is 2.32. The summed E-state index contributed by atoms with van der Waals surface area (Å²) in [5.74, 6) is -1.43. The summed E-state index contributed by atoms with van der Waals surface area (Å²) in [6.45, 7) is 0.541. The number of carboxylic acids is 1. The van der Waals surface area contributed by atoms with E-state index in [0.29, 0.717) is 24.5 Å². The molecule has 2 N–H and O–H groups in total. The summed E-state index contributed by atoms with van der Waals surface area (Å²) < 4.78 is 10.6. The highest BCUT2D eigenvalue weighted by atomic mass is 16.7. The molecule has 2 heterocycles. The van der Waals surface area contributed by atoms with Crippen molar-refractivity contribution < 1.29 is 24.2 Å². The van der Waals surface area contributed by atoms with Crippen LogP contribution in [0.5, 0.6) is 11.5 Å². The van der Waals surface area contributed by atoms with Crippen LogP contribution in [0, 0.1) is 5.92 Å². The average molecular weight is 392 g/mol. The molecule has 1 aliphatic rings. The summed E-state index contributed by atoms with van der Waals surface area (Å²) in [6.07, 6.45) is 2.30. The molecular weight excluding hydrogens is 372 g/mol. The van der Waals surface area contributed by atoms with E-state index in [-0.39, 0.29) is 13.2 Å². The minimum absolute atomic E-state index is 0.105. The molecule has 7 heteroatoms. The fraction of sp³-hybridized carbons (Fsp3) is 0.227. The van der Waals surface area contributed by atoms with Gasteiger partial charge in [-0.3, -0.25) is 14.6 Å². The number of carboxylic acid groups (broad SMARTS) is 1. The first-order valence-electron chi connectivity index (χ1n) is 9.33. The summed E-state index contributed by atoms with van der Waals surface area (Å²) in [5, 5.41) is 13.2. The number of benzene rings is 2. The predicted molar refractivity (Wildman–Crippen MR) is 106 cm³/mol. The Morgan fingerprint density at radius 1 is 1.10 bits per heavy atom. The third-order valence-corrected chi connectivity index (χ3v) is 4.93. The van der Waals surface area contributed by atoms with Gasteiger partial charge in [0.1, 0.15) is 5.92 Å². The van der Waals surface area contributed by atoms with Crippen LogP contribution in [0.2, 0.25) is 0 Å². The van der Waals surface area contributed by atoms with E-state index in [2.05, 4.69) is 10.3 Å². The Labute approximate surface area is 167 Å². The molecule has 0 spiro atoms. The Balaban J connectivity index is 1.40. The highest BCUT2D eigenvalue weighted by Gasteiger charge is 2.27. The van der Waals surface area contributed by atoms with Crippen molar-refractivity contribution in [3.8, 4) is 11.5 Å². The number of hydrogen-bond acceptors (Lipinski definition) is 5. The van der Waals surface area contributed by atoms with E-state index in [1.54, 1.807) is 12.3 Å². The molecule has 0 saturated heterocycles. The molecule has 2 aromatic carbocycles. The van der Waals surface area contributed by atoms with Crippen LogP contribution >= 0.6 is 0 Å². The second kappa shape index (κ2) is 8.18. The first-order valence-corrected chi connectivity index (χ1v) is 9.33. The number of aromatic nitrogens is 1. The van der Waals surface area contributed by atoms with Crippen LogP contribution in [0.3, 0.4) is 0 Å². The second-order valence-corrected chi connectivity index (χ2v) is 6.81. The van der Waals surface area contributed by atoms with Crippen LogP contribution in [0.25, 0.3) is 10.9 Å². The van der Waals surface area contributed by atoms with Gasteiger partial charge in [-0.15, -0.1) is 0 Å². The minimum Gasteiger partial charge on any atom is -0.481 e. The fourth-order valence-electron chi connectivity index (χ4n) is 3.39. The molecule has 4 rings (SSSR count). The first-order chi connectivity index (χ1) is 14.1. The maximum atomic E-state index is 12.6. The number of para-hydroxylation sites is 1. The summed E-state index contributed by atoms with van der Waals surface area (Å²) in [6, 6.07) is 14.8.